The molecule has 0 radical (unpaired) electrons. The number of aliphatic hydroxyl groups excluding tert-OH is 1. The zero-order valence-corrected chi connectivity index (χ0v) is 20.2. The molecule has 0 saturated heterocycles. The van der Waals surface area contributed by atoms with Crippen LogP contribution < -0.4 is 14.2 Å². The summed E-state index contributed by atoms with van der Waals surface area (Å²) < 4.78 is 23.3. The van der Waals surface area contributed by atoms with Gasteiger partial charge in [0.2, 0.25) is 5.75 Å². The van der Waals surface area contributed by atoms with E-state index in [0.29, 0.717) is 48.6 Å². The van der Waals surface area contributed by atoms with E-state index in [0.717, 1.165) is 10.9 Å². The van der Waals surface area contributed by atoms with Crippen LogP contribution >= 0.6 is 0 Å². The number of carbonyl (C=O) groups excluding carboxylic acids is 1. The molecule has 3 rings (SSSR count). The van der Waals surface area contributed by atoms with Crippen LogP contribution in [-0.4, -0.2) is 66.0 Å². The number of aliphatic hydroxyl groups is 1. The van der Waals surface area contributed by atoms with Crippen molar-refractivity contribution in [3.63, 3.8) is 0 Å². The number of carboxylic acids is 1. The van der Waals surface area contributed by atoms with Crippen LogP contribution in [0.15, 0.2) is 30.5 Å². The number of hydrogen-bond acceptors (Lipinski definition) is 8. The van der Waals surface area contributed by atoms with Crippen molar-refractivity contribution < 1.29 is 38.7 Å². The molecule has 35 heavy (non-hydrogen) atoms. The minimum absolute atomic E-state index is 0.129. The fraction of sp³-hybridized carbons (Fsp3) is 0.400. The summed E-state index contributed by atoms with van der Waals surface area (Å²) >= 11 is 0. The lowest BCUT2D eigenvalue weighted by atomic mass is 10.1. The number of esters is 1. The average molecular weight is 487 g/mol. The van der Waals surface area contributed by atoms with Gasteiger partial charge in [0.05, 0.1) is 38.0 Å². The number of nitrogens with zero attached hydrogens (tertiary/aromatic N) is 2. The van der Waals surface area contributed by atoms with Gasteiger partial charge in [-0.05, 0) is 49.6 Å². The molecule has 0 aliphatic carbocycles. The van der Waals surface area contributed by atoms with E-state index in [1.54, 1.807) is 16.8 Å². The highest BCUT2D eigenvalue weighted by atomic mass is 16.5. The molecular formula is C25H30N2O8. The van der Waals surface area contributed by atoms with Crippen molar-refractivity contribution in [2.45, 2.75) is 38.8 Å². The summed E-state index contributed by atoms with van der Waals surface area (Å²) in [6.45, 7) is 2.26. The second-order valence-electron chi connectivity index (χ2n) is 8.02. The number of fused-ring (bicyclic) bond motifs is 1. The number of aromatic nitrogens is 2. The normalized spacial score (nSPS) is 11.8. The van der Waals surface area contributed by atoms with Crippen LogP contribution in [0.2, 0.25) is 0 Å². The van der Waals surface area contributed by atoms with Crippen molar-refractivity contribution in [1.82, 2.24) is 9.78 Å². The Labute approximate surface area is 203 Å². The lowest BCUT2D eigenvalue weighted by Gasteiger charge is -2.18. The van der Waals surface area contributed by atoms with E-state index in [1.165, 1.54) is 33.5 Å². The van der Waals surface area contributed by atoms with Gasteiger partial charge < -0.3 is 29.2 Å². The summed E-state index contributed by atoms with van der Waals surface area (Å²) in [6, 6.07) is 6.21. The smallest absolute Gasteiger partial charge is 0.338 e. The maximum atomic E-state index is 12.8. The molecule has 10 heteroatoms. The number of rotatable bonds is 12. The van der Waals surface area contributed by atoms with Crippen molar-refractivity contribution in [2.24, 2.45) is 0 Å². The zero-order chi connectivity index (χ0) is 25.5. The predicted molar refractivity (Wildman–Crippen MR) is 128 cm³/mol. The SMILES string of the molecule is COc1cc(C(=O)OC(CCO)CCCn2cc3c(C)cc(C(=O)O)cc3n2)cc(OC)c1OC. The molecule has 3 aromatic rings. The Morgan fingerprint density at radius 3 is 2.26 bits per heavy atom. The van der Waals surface area contributed by atoms with E-state index in [9.17, 15) is 19.8 Å². The van der Waals surface area contributed by atoms with Crippen molar-refractivity contribution in [2.75, 3.05) is 27.9 Å². The lowest BCUT2D eigenvalue weighted by Crippen LogP contribution is -2.20. The fourth-order valence-electron chi connectivity index (χ4n) is 3.89. The first-order valence-corrected chi connectivity index (χ1v) is 11.1. The number of benzene rings is 2. The van der Waals surface area contributed by atoms with Gasteiger partial charge in [0.25, 0.3) is 0 Å². The second-order valence-corrected chi connectivity index (χ2v) is 8.02. The lowest BCUT2D eigenvalue weighted by molar-refractivity contribution is 0.0211. The van der Waals surface area contributed by atoms with E-state index >= 15 is 0 Å². The topological polar surface area (TPSA) is 129 Å². The Balaban J connectivity index is 1.67. The molecule has 2 aromatic carbocycles. The van der Waals surface area contributed by atoms with Crippen molar-refractivity contribution in [1.29, 1.82) is 0 Å². The third-order valence-corrected chi connectivity index (χ3v) is 5.66. The second kappa shape index (κ2) is 11.6. The quantitative estimate of drug-likeness (QED) is 0.370. The maximum absolute atomic E-state index is 12.8. The van der Waals surface area contributed by atoms with Crippen LogP contribution in [0, 0.1) is 6.92 Å². The van der Waals surface area contributed by atoms with E-state index in [2.05, 4.69) is 5.10 Å². The van der Waals surface area contributed by atoms with Gasteiger partial charge in [-0.1, -0.05) is 0 Å². The summed E-state index contributed by atoms with van der Waals surface area (Å²) in [5.41, 5.74) is 1.89. The summed E-state index contributed by atoms with van der Waals surface area (Å²) in [7, 11) is 4.40. The molecule has 0 saturated carbocycles. The highest BCUT2D eigenvalue weighted by molar-refractivity contribution is 5.94. The third kappa shape index (κ3) is 6.02. The molecule has 0 bridgehead atoms. The number of methoxy groups -OCH3 is 3. The highest BCUT2D eigenvalue weighted by Gasteiger charge is 2.21. The van der Waals surface area contributed by atoms with Crippen molar-refractivity contribution in [3.8, 4) is 17.2 Å². The molecule has 1 aromatic heterocycles. The van der Waals surface area contributed by atoms with Gasteiger partial charge in [-0.25, -0.2) is 9.59 Å². The molecule has 1 heterocycles. The Bertz CT molecular complexity index is 1180. The van der Waals surface area contributed by atoms with Crippen molar-refractivity contribution >= 4 is 22.8 Å². The molecule has 1 unspecified atom stereocenters. The molecule has 0 aliphatic heterocycles. The molecule has 0 fully saturated rings. The van der Waals surface area contributed by atoms with Crippen LogP contribution in [-0.2, 0) is 11.3 Å². The summed E-state index contributed by atoms with van der Waals surface area (Å²) in [5, 5.41) is 24.1. The number of aromatic carboxylic acids is 1. The monoisotopic (exact) mass is 486 g/mol. The molecule has 0 amide bonds. The van der Waals surface area contributed by atoms with Crippen LogP contribution in [0.3, 0.4) is 0 Å². The van der Waals surface area contributed by atoms with Gasteiger partial charge in [0, 0.05) is 31.2 Å². The van der Waals surface area contributed by atoms with Crippen LogP contribution in [0.25, 0.3) is 10.9 Å². The number of ether oxygens (including phenoxy) is 4. The Kier molecular flexibility index (Phi) is 8.53. The van der Waals surface area contributed by atoms with Gasteiger partial charge in [-0.3, -0.25) is 4.68 Å². The van der Waals surface area contributed by atoms with E-state index in [1.807, 2.05) is 13.1 Å². The molecule has 0 aliphatic rings. The van der Waals surface area contributed by atoms with Crippen LogP contribution in [0.1, 0.15) is 45.5 Å². The van der Waals surface area contributed by atoms with Gasteiger partial charge in [0.15, 0.2) is 11.5 Å². The van der Waals surface area contributed by atoms with Gasteiger partial charge in [0.1, 0.15) is 6.10 Å². The van der Waals surface area contributed by atoms with E-state index < -0.39 is 18.0 Å². The summed E-state index contributed by atoms with van der Waals surface area (Å²) in [4.78, 5) is 24.1. The third-order valence-electron chi connectivity index (χ3n) is 5.66. The molecular weight excluding hydrogens is 456 g/mol. The first-order chi connectivity index (χ1) is 16.8. The van der Waals surface area contributed by atoms with E-state index in [-0.39, 0.29) is 17.7 Å². The molecule has 1 atom stereocenters. The number of hydrogen-bond donors (Lipinski definition) is 2. The highest BCUT2D eigenvalue weighted by Crippen LogP contribution is 2.38. The largest absolute Gasteiger partial charge is 0.493 e. The summed E-state index contributed by atoms with van der Waals surface area (Å²) in [5.74, 6) is -0.514. The minimum atomic E-state index is -0.995. The Morgan fingerprint density at radius 1 is 1.00 bits per heavy atom. The number of aryl methyl sites for hydroxylation is 2. The molecule has 0 spiro atoms. The predicted octanol–water partition coefficient (Wildman–Crippen LogP) is 3.46. The Hall–Kier alpha value is -3.79. The maximum Gasteiger partial charge on any atom is 0.338 e. The minimum Gasteiger partial charge on any atom is -0.493 e. The van der Waals surface area contributed by atoms with Gasteiger partial charge >= 0.3 is 11.9 Å². The average Bonchev–Trinajstić information content (AvgIpc) is 3.26. The standard InChI is InChI=1S/C25H30N2O8/c1-15-10-16(24(29)30)11-20-19(15)14-27(26-20)8-5-6-18(7-9-28)35-25(31)17-12-21(32-2)23(34-4)22(13-17)33-3/h10-14,18,28H,5-9H2,1-4H3,(H,29,30). The molecule has 188 valence electrons. The first kappa shape index (κ1) is 25.8. The van der Waals surface area contributed by atoms with Gasteiger partial charge in [-0.15, -0.1) is 0 Å². The van der Waals surface area contributed by atoms with Gasteiger partial charge in [-0.2, -0.15) is 5.10 Å². The fourth-order valence-corrected chi connectivity index (χ4v) is 3.89. The number of carboxylic acid groups (broad SMARTS) is 1. The van der Waals surface area contributed by atoms with Crippen LogP contribution in [0.4, 0.5) is 0 Å². The van der Waals surface area contributed by atoms with Crippen molar-refractivity contribution in [3.05, 3.63) is 47.2 Å². The first-order valence-electron chi connectivity index (χ1n) is 11.1. The molecule has 10 nitrogen and oxygen atoms in total. The zero-order valence-electron chi connectivity index (χ0n) is 20.2. The number of carbonyl (C=O) groups is 2. The Morgan fingerprint density at radius 2 is 1.69 bits per heavy atom. The van der Waals surface area contributed by atoms with E-state index in [4.69, 9.17) is 18.9 Å². The summed E-state index contributed by atoms with van der Waals surface area (Å²) in [6.07, 6.45) is 2.80. The molecule has 2 N–H and O–H groups in total. The van der Waals surface area contributed by atoms with Crippen LogP contribution in [0.5, 0.6) is 17.2 Å².